The van der Waals surface area contributed by atoms with Gasteiger partial charge in [-0.05, 0) is 65.0 Å². The van der Waals surface area contributed by atoms with E-state index in [1.54, 1.807) is 0 Å². The molecule has 2 rings (SSSR count). The van der Waals surface area contributed by atoms with E-state index in [4.69, 9.17) is 11.6 Å². The van der Waals surface area contributed by atoms with Crippen molar-refractivity contribution in [2.45, 2.75) is 25.6 Å². The Morgan fingerprint density at radius 2 is 1.63 bits per heavy atom. The van der Waals surface area contributed by atoms with Crippen LogP contribution in [0.3, 0.4) is 0 Å². The third-order valence-electron chi connectivity index (χ3n) is 3.25. The Balaban J connectivity index is 2.56. The van der Waals surface area contributed by atoms with Crippen LogP contribution in [0, 0.1) is 20.8 Å². The molecule has 1 unspecified atom stereocenters. The molecule has 0 spiro atoms. The fourth-order valence-corrected chi connectivity index (χ4v) is 4.31. The molecule has 0 N–H and O–H groups in total. The first-order valence-corrected chi connectivity index (χ1v) is 8.16. The molecule has 0 aliphatic carbocycles. The number of hydrogen-bond acceptors (Lipinski definition) is 0. The third-order valence-corrected chi connectivity index (χ3v) is 5.51. The first-order valence-electron chi connectivity index (χ1n) is 6.07. The Bertz CT molecular complexity index is 597. The number of halogens is 3. The lowest BCUT2D eigenvalue weighted by molar-refractivity contribution is 1.10. The van der Waals surface area contributed by atoms with Gasteiger partial charge in [-0.3, -0.25) is 0 Å². The zero-order chi connectivity index (χ0) is 14.2. The van der Waals surface area contributed by atoms with Gasteiger partial charge < -0.3 is 0 Å². The van der Waals surface area contributed by atoms with Crippen molar-refractivity contribution in [3.05, 3.63) is 67.6 Å². The second kappa shape index (κ2) is 5.99. The summed E-state index contributed by atoms with van der Waals surface area (Å²) in [6.07, 6.45) is 0. The Labute approximate surface area is 136 Å². The molecule has 1 atom stereocenters. The Morgan fingerprint density at radius 3 is 2.21 bits per heavy atom. The summed E-state index contributed by atoms with van der Waals surface area (Å²) in [6, 6.07) is 10.5. The Hall–Kier alpha value is -0.310. The summed E-state index contributed by atoms with van der Waals surface area (Å²) < 4.78 is 0.929. The summed E-state index contributed by atoms with van der Waals surface area (Å²) in [7, 11) is 0. The van der Waals surface area contributed by atoms with Crippen LogP contribution in [0.15, 0.2) is 34.8 Å². The van der Waals surface area contributed by atoms with Crippen molar-refractivity contribution >= 4 is 43.5 Å². The molecule has 0 saturated heterocycles. The number of alkyl halides is 1. The van der Waals surface area contributed by atoms with E-state index in [1.807, 2.05) is 12.1 Å². The number of hydrogen-bond donors (Lipinski definition) is 0. The lowest BCUT2D eigenvalue weighted by Crippen LogP contribution is -2.01. The van der Waals surface area contributed by atoms with Crippen molar-refractivity contribution in [1.82, 2.24) is 0 Å². The van der Waals surface area contributed by atoms with Gasteiger partial charge >= 0.3 is 0 Å². The lowest BCUT2D eigenvalue weighted by Gasteiger charge is -2.19. The van der Waals surface area contributed by atoms with Crippen LogP contribution in [-0.2, 0) is 0 Å². The summed E-state index contributed by atoms with van der Waals surface area (Å²) >= 11 is 13.7. The molecule has 0 bridgehead atoms. The van der Waals surface area contributed by atoms with Crippen LogP contribution < -0.4 is 0 Å². The smallest absolute Gasteiger partial charge is 0.0664 e. The van der Waals surface area contributed by atoms with Crippen LogP contribution in [0.1, 0.15) is 32.6 Å². The first-order chi connectivity index (χ1) is 8.91. The summed E-state index contributed by atoms with van der Waals surface area (Å²) in [4.78, 5) is 0.109. The lowest BCUT2D eigenvalue weighted by atomic mass is 9.94. The largest absolute Gasteiger partial charge is 0.0827 e. The van der Waals surface area contributed by atoms with Crippen LogP contribution in [0.5, 0.6) is 0 Å². The first kappa shape index (κ1) is 15.1. The maximum Gasteiger partial charge on any atom is 0.0664 e. The van der Waals surface area contributed by atoms with Crippen LogP contribution >= 0.6 is 43.5 Å². The number of rotatable bonds is 2. The molecule has 0 nitrogen and oxygen atoms in total. The minimum atomic E-state index is 0.109. The van der Waals surface area contributed by atoms with Crippen LogP contribution in [-0.4, -0.2) is 0 Å². The fraction of sp³-hybridized carbons (Fsp3) is 0.250. The minimum Gasteiger partial charge on any atom is -0.0827 e. The van der Waals surface area contributed by atoms with E-state index in [9.17, 15) is 0 Å². The molecule has 0 amide bonds. The van der Waals surface area contributed by atoms with Crippen LogP contribution in [0.4, 0.5) is 0 Å². The van der Waals surface area contributed by atoms with Crippen molar-refractivity contribution in [3.8, 4) is 0 Å². The van der Waals surface area contributed by atoms with E-state index in [2.05, 4.69) is 70.8 Å². The van der Waals surface area contributed by atoms with Gasteiger partial charge in [-0.1, -0.05) is 57.4 Å². The second-order valence-corrected chi connectivity index (χ2v) is 6.97. The molecule has 19 heavy (non-hydrogen) atoms. The van der Waals surface area contributed by atoms with Gasteiger partial charge in [-0.15, -0.1) is 0 Å². The van der Waals surface area contributed by atoms with Crippen LogP contribution in [0.2, 0.25) is 5.02 Å². The van der Waals surface area contributed by atoms with Crippen molar-refractivity contribution in [3.63, 3.8) is 0 Å². The maximum absolute atomic E-state index is 6.40. The zero-order valence-electron chi connectivity index (χ0n) is 11.1. The highest BCUT2D eigenvalue weighted by Gasteiger charge is 2.19. The molecule has 0 heterocycles. The van der Waals surface area contributed by atoms with Gasteiger partial charge in [0.2, 0.25) is 0 Å². The van der Waals surface area contributed by atoms with Gasteiger partial charge in [-0.2, -0.15) is 0 Å². The van der Waals surface area contributed by atoms with Crippen LogP contribution in [0.25, 0.3) is 0 Å². The predicted molar refractivity (Wildman–Crippen MR) is 90.6 cm³/mol. The van der Waals surface area contributed by atoms with Gasteiger partial charge in [0, 0.05) is 4.47 Å². The molecule has 0 fully saturated rings. The standard InChI is InChI=1S/C16H15Br2Cl/c1-9-7-10(2)14(11(3)8-9)15(18)12-5-4-6-13(17)16(12)19/h4-8,15H,1-3H3. The Morgan fingerprint density at radius 1 is 1.05 bits per heavy atom. The number of aryl methyl sites for hydroxylation is 3. The molecular weight excluding hydrogens is 387 g/mol. The topological polar surface area (TPSA) is 0 Å². The van der Waals surface area contributed by atoms with Crippen molar-refractivity contribution in [2.75, 3.05) is 0 Å². The zero-order valence-corrected chi connectivity index (χ0v) is 15.0. The maximum atomic E-state index is 6.40. The molecular formula is C16H15Br2Cl. The van der Waals surface area contributed by atoms with Crippen molar-refractivity contribution < 1.29 is 0 Å². The molecule has 2 aromatic carbocycles. The van der Waals surface area contributed by atoms with Gasteiger partial charge in [0.25, 0.3) is 0 Å². The van der Waals surface area contributed by atoms with E-state index < -0.39 is 0 Å². The molecule has 0 aliphatic rings. The molecule has 0 aliphatic heterocycles. The van der Waals surface area contributed by atoms with Gasteiger partial charge in [0.15, 0.2) is 0 Å². The average molecular weight is 403 g/mol. The summed E-state index contributed by atoms with van der Waals surface area (Å²) in [6.45, 7) is 6.42. The highest BCUT2D eigenvalue weighted by molar-refractivity contribution is 9.10. The van der Waals surface area contributed by atoms with E-state index in [0.717, 1.165) is 15.1 Å². The molecule has 0 aromatic heterocycles. The minimum absolute atomic E-state index is 0.109. The fourth-order valence-electron chi connectivity index (χ4n) is 2.46. The van der Waals surface area contributed by atoms with E-state index >= 15 is 0 Å². The summed E-state index contributed by atoms with van der Waals surface area (Å²) in [5.41, 5.74) is 6.25. The number of benzene rings is 2. The molecule has 3 heteroatoms. The quantitative estimate of drug-likeness (QED) is 0.502. The average Bonchev–Trinajstić information content (AvgIpc) is 2.31. The molecule has 0 saturated carbocycles. The Kier molecular flexibility index (Phi) is 4.75. The van der Waals surface area contributed by atoms with Crippen molar-refractivity contribution in [1.29, 1.82) is 0 Å². The van der Waals surface area contributed by atoms with Crippen molar-refractivity contribution in [2.24, 2.45) is 0 Å². The SMILES string of the molecule is Cc1cc(C)c(C(Br)c2cccc(Br)c2Cl)c(C)c1. The van der Waals surface area contributed by atoms with E-state index in [-0.39, 0.29) is 4.83 Å². The molecule has 0 radical (unpaired) electrons. The second-order valence-electron chi connectivity index (χ2n) is 4.82. The molecule has 2 aromatic rings. The predicted octanol–water partition coefficient (Wildman–Crippen LogP) is 6.51. The normalized spacial score (nSPS) is 12.5. The molecule has 100 valence electrons. The van der Waals surface area contributed by atoms with E-state index in [1.165, 1.54) is 22.3 Å². The van der Waals surface area contributed by atoms with E-state index in [0.29, 0.717) is 0 Å². The third kappa shape index (κ3) is 3.07. The summed E-state index contributed by atoms with van der Waals surface area (Å²) in [5.74, 6) is 0. The highest BCUT2D eigenvalue weighted by Crippen LogP contribution is 2.40. The van der Waals surface area contributed by atoms with Gasteiger partial charge in [0.05, 0.1) is 9.85 Å². The van der Waals surface area contributed by atoms with Gasteiger partial charge in [0.1, 0.15) is 0 Å². The van der Waals surface area contributed by atoms with Gasteiger partial charge in [-0.25, -0.2) is 0 Å². The monoisotopic (exact) mass is 400 g/mol. The highest BCUT2D eigenvalue weighted by atomic mass is 79.9. The summed E-state index contributed by atoms with van der Waals surface area (Å²) in [5, 5.41) is 0.767.